The summed E-state index contributed by atoms with van der Waals surface area (Å²) in [5.41, 5.74) is 4.36. The number of carbonyl (C=O) groups is 1. The third kappa shape index (κ3) is 6.11. The second kappa shape index (κ2) is 11.4. The lowest BCUT2D eigenvalue weighted by atomic mass is 9.93. The van der Waals surface area contributed by atoms with Crippen molar-refractivity contribution in [1.29, 1.82) is 5.26 Å². The summed E-state index contributed by atoms with van der Waals surface area (Å²) in [7, 11) is 5.04. The second-order valence-electron chi connectivity index (χ2n) is 11.2. The number of amides is 1. The molecule has 1 amide bonds. The number of ether oxygens (including phenoxy) is 2. The molecule has 0 aliphatic carbocycles. The number of carbonyl (C=O) groups excluding carboxylic acids is 1. The summed E-state index contributed by atoms with van der Waals surface area (Å²) in [4.78, 5) is 29.5. The average molecular weight is 521 g/mol. The molecule has 1 aromatic carbocycles. The quantitative estimate of drug-likeness (QED) is 0.419. The van der Waals surface area contributed by atoms with Crippen LogP contribution in [0.3, 0.4) is 0 Å². The lowest BCUT2D eigenvalue weighted by Crippen LogP contribution is -2.53. The Hall–Kier alpha value is -3.57. The highest BCUT2D eigenvalue weighted by molar-refractivity contribution is 5.97. The van der Waals surface area contributed by atoms with E-state index in [0.717, 1.165) is 22.3 Å². The molecule has 3 rings (SSSR count). The summed E-state index contributed by atoms with van der Waals surface area (Å²) in [5.74, 6) is 1.20. The van der Waals surface area contributed by atoms with Gasteiger partial charge in [0.25, 0.3) is 11.5 Å². The van der Waals surface area contributed by atoms with E-state index in [4.69, 9.17) is 9.47 Å². The van der Waals surface area contributed by atoms with Gasteiger partial charge >= 0.3 is 0 Å². The normalized spacial score (nSPS) is 16.8. The number of aromatic nitrogens is 1. The maximum atomic E-state index is 13.0. The van der Waals surface area contributed by atoms with E-state index in [-0.39, 0.29) is 28.5 Å². The Kier molecular flexibility index (Phi) is 8.73. The zero-order chi connectivity index (χ0) is 28.4. The van der Waals surface area contributed by atoms with Crippen LogP contribution in [0, 0.1) is 30.6 Å². The van der Waals surface area contributed by atoms with Crippen molar-refractivity contribution >= 4 is 5.91 Å². The van der Waals surface area contributed by atoms with Crippen LogP contribution >= 0.6 is 0 Å². The van der Waals surface area contributed by atoms with Crippen LogP contribution < -0.4 is 15.0 Å². The van der Waals surface area contributed by atoms with Crippen molar-refractivity contribution in [3.8, 4) is 28.7 Å². The van der Waals surface area contributed by atoms with Crippen molar-refractivity contribution in [3.63, 3.8) is 0 Å². The maximum Gasteiger partial charge on any atom is 0.264 e. The molecule has 2 heterocycles. The van der Waals surface area contributed by atoms with E-state index in [0.29, 0.717) is 43.2 Å². The van der Waals surface area contributed by atoms with Crippen LogP contribution in [-0.4, -0.2) is 60.2 Å². The minimum Gasteiger partial charge on any atom is -0.496 e. The molecule has 1 fully saturated rings. The lowest BCUT2D eigenvalue weighted by Gasteiger charge is -2.40. The van der Waals surface area contributed by atoms with E-state index in [1.165, 1.54) is 0 Å². The highest BCUT2D eigenvalue weighted by atomic mass is 16.5. The van der Waals surface area contributed by atoms with Crippen molar-refractivity contribution in [3.05, 3.63) is 57.0 Å². The van der Waals surface area contributed by atoms with E-state index in [2.05, 4.69) is 17.9 Å². The van der Waals surface area contributed by atoms with Crippen molar-refractivity contribution in [1.82, 2.24) is 14.4 Å². The number of pyridine rings is 1. The van der Waals surface area contributed by atoms with Crippen LogP contribution in [0.15, 0.2) is 34.8 Å². The topological polar surface area (TPSA) is 87.8 Å². The highest BCUT2D eigenvalue weighted by Gasteiger charge is 2.30. The van der Waals surface area contributed by atoms with Crippen LogP contribution in [0.5, 0.6) is 11.5 Å². The molecule has 1 aliphatic rings. The second-order valence-corrected chi connectivity index (χ2v) is 11.2. The van der Waals surface area contributed by atoms with Gasteiger partial charge in [-0.15, -0.1) is 0 Å². The number of benzene rings is 1. The predicted octanol–water partition coefficient (Wildman–Crippen LogP) is 4.22. The zero-order valence-electron chi connectivity index (χ0n) is 24.1. The van der Waals surface area contributed by atoms with E-state index >= 15 is 0 Å². The zero-order valence-corrected chi connectivity index (χ0v) is 24.1. The van der Waals surface area contributed by atoms with E-state index in [1.807, 2.05) is 52.9 Å². The molecule has 1 aliphatic heterocycles. The molecular formula is C30H40N4O4. The smallest absolute Gasteiger partial charge is 0.264 e. The van der Waals surface area contributed by atoms with Crippen LogP contribution in [0.4, 0.5) is 0 Å². The predicted molar refractivity (Wildman–Crippen MR) is 149 cm³/mol. The Morgan fingerprint density at radius 3 is 2.24 bits per heavy atom. The molecule has 38 heavy (non-hydrogen) atoms. The fourth-order valence-electron chi connectivity index (χ4n) is 4.93. The largest absolute Gasteiger partial charge is 0.496 e. The Morgan fingerprint density at radius 1 is 1.13 bits per heavy atom. The molecule has 0 saturated carbocycles. The highest BCUT2D eigenvalue weighted by Crippen LogP contribution is 2.37. The Bertz CT molecular complexity index is 1320. The first-order chi connectivity index (χ1) is 17.8. The van der Waals surface area contributed by atoms with Gasteiger partial charge in [0.1, 0.15) is 23.1 Å². The molecule has 1 unspecified atom stereocenters. The molecule has 0 spiro atoms. The molecule has 0 N–H and O–H groups in total. The van der Waals surface area contributed by atoms with Crippen LogP contribution in [0.25, 0.3) is 11.1 Å². The van der Waals surface area contributed by atoms with Gasteiger partial charge in [0.15, 0.2) is 0 Å². The third-order valence-electron chi connectivity index (χ3n) is 7.19. The van der Waals surface area contributed by atoms with Gasteiger partial charge in [0.05, 0.1) is 19.8 Å². The van der Waals surface area contributed by atoms with E-state index in [1.54, 1.807) is 36.8 Å². The number of nitrogens with zero attached hydrogens (tertiary/aromatic N) is 4. The van der Waals surface area contributed by atoms with Gasteiger partial charge in [-0.2, -0.15) is 5.26 Å². The van der Waals surface area contributed by atoms with Gasteiger partial charge in [-0.3, -0.25) is 14.5 Å². The molecule has 8 nitrogen and oxygen atoms in total. The van der Waals surface area contributed by atoms with Crippen molar-refractivity contribution in [2.45, 2.75) is 54.1 Å². The molecule has 0 radical (unpaired) electrons. The first-order valence-corrected chi connectivity index (χ1v) is 12.9. The van der Waals surface area contributed by atoms with Gasteiger partial charge in [0, 0.05) is 56.6 Å². The lowest BCUT2D eigenvalue weighted by molar-refractivity contribution is -0.129. The number of hydrogen-bond donors (Lipinski definition) is 0. The summed E-state index contributed by atoms with van der Waals surface area (Å²) in [6.45, 7) is 14.1. The standard InChI is InChI=1S/C30H40N4O4/c1-19-16-34(29(36)23(15-31)14-30(4,5)6)11-10-33(19)18-25-26(37-8)12-22(13-27(25)38-9)24-17-32(7)28(35)21(3)20(24)2/h12-14,17,19H,10-11,16,18H2,1-9H3/b23-14+. The minimum absolute atomic E-state index is 0.0100. The number of piperazine rings is 1. The van der Waals surface area contributed by atoms with Crippen LogP contribution in [0.1, 0.15) is 44.4 Å². The SMILES string of the molecule is COc1cc(-c2cn(C)c(=O)c(C)c2C)cc(OC)c1CN1CCN(C(=O)/C(C#N)=C/C(C)(C)C)CC1C. The summed E-state index contributed by atoms with van der Waals surface area (Å²) >= 11 is 0. The number of rotatable bonds is 6. The summed E-state index contributed by atoms with van der Waals surface area (Å²) in [6, 6.07) is 6.14. The Morgan fingerprint density at radius 2 is 1.74 bits per heavy atom. The van der Waals surface area contributed by atoms with Crippen LogP contribution in [0.2, 0.25) is 0 Å². The molecule has 204 valence electrons. The number of hydrogen-bond acceptors (Lipinski definition) is 6. The van der Waals surface area contributed by atoms with Crippen molar-refractivity contribution in [2.75, 3.05) is 33.9 Å². The van der Waals surface area contributed by atoms with E-state index in [9.17, 15) is 14.9 Å². The summed E-state index contributed by atoms with van der Waals surface area (Å²) in [6.07, 6.45) is 3.60. The van der Waals surface area contributed by atoms with Crippen molar-refractivity contribution in [2.24, 2.45) is 12.5 Å². The van der Waals surface area contributed by atoms with E-state index < -0.39 is 0 Å². The molecule has 0 bridgehead atoms. The van der Waals surface area contributed by atoms with Gasteiger partial charge in [-0.05, 0) is 49.4 Å². The Labute approximate surface area is 226 Å². The fraction of sp³-hybridized carbons (Fsp3) is 0.500. The number of methoxy groups -OCH3 is 2. The molecule has 1 atom stereocenters. The van der Waals surface area contributed by atoms with Gasteiger partial charge < -0.3 is 18.9 Å². The molecular weight excluding hydrogens is 480 g/mol. The molecule has 8 heteroatoms. The first kappa shape index (κ1) is 29.0. The number of nitriles is 1. The van der Waals surface area contributed by atoms with Gasteiger partial charge in [-0.25, -0.2) is 0 Å². The maximum absolute atomic E-state index is 13.0. The first-order valence-electron chi connectivity index (χ1n) is 12.9. The number of allylic oxidation sites excluding steroid dienone is 1. The number of aryl methyl sites for hydroxylation is 1. The van der Waals surface area contributed by atoms with Gasteiger partial charge in [0.2, 0.25) is 0 Å². The van der Waals surface area contributed by atoms with Gasteiger partial charge in [-0.1, -0.05) is 26.8 Å². The van der Waals surface area contributed by atoms with Crippen molar-refractivity contribution < 1.29 is 14.3 Å². The molecule has 1 aromatic heterocycles. The Balaban J connectivity index is 1.88. The molecule has 2 aromatic rings. The monoisotopic (exact) mass is 520 g/mol. The summed E-state index contributed by atoms with van der Waals surface area (Å²) < 4.78 is 13.2. The minimum atomic E-state index is -0.251. The molecule has 1 saturated heterocycles. The van der Waals surface area contributed by atoms with Crippen LogP contribution in [-0.2, 0) is 18.4 Å². The average Bonchev–Trinajstić information content (AvgIpc) is 2.88. The third-order valence-corrected chi connectivity index (χ3v) is 7.19. The fourth-order valence-corrected chi connectivity index (χ4v) is 4.93. The summed E-state index contributed by atoms with van der Waals surface area (Å²) in [5, 5.41) is 9.56.